The first-order valence-electron chi connectivity index (χ1n) is 5.92. The summed E-state index contributed by atoms with van der Waals surface area (Å²) < 4.78 is 10.8. The third kappa shape index (κ3) is 3.41. The lowest BCUT2D eigenvalue weighted by Gasteiger charge is -2.35. The monoisotopic (exact) mass is 215 g/mol. The van der Waals surface area contributed by atoms with Crippen LogP contribution in [0.3, 0.4) is 0 Å². The Balaban J connectivity index is 1.68. The van der Waals surface area contributed by atoms with Gasteiger partial charge in [-0.3, -0.25) is 4.90 Å². The second kappa shape index (κ2) is 5.80. The van der Waals surface area contributed by atoms with Gasteiger partial charge in [-0.05, 0) is 18.8 Å². The van der Waals surface area contributed by atoms with Gasteiger partial charge in [0, 0.05) is 19.1 Å². The Morgan fingerprint density at radius 3 is 2.93 bits per heavy atom. The molecule has 15 heavy (non-hydrogen) atoms. The summed E-state index contributed by atoms with van der Waals surface area (Å²) in [6.45, 7) is 5.06. The van der Waals surface area contributed by atoms with Crippen LogP contribution in [0.25, 0.3) is 0 Å². The van der Waals surface area contributed by atoms with Gasteiger partial charge in [-0.2, -0.15) is 0 Å². The fourth-order valence-corrected chi connectivity index (χ4v) is 2.20. The van der Waals surface area contributed by atoms with Crippen LogP contribution in [-0.2, 0) is 9.47 Å². The van der Waals surface area contributed by atoms with Gasteiger partial charge in [0.15, 0.2) is 0 Å². The minimum absolute atomic E-state index is 0.120. The van der Waals surface area contributed by atoms with Crippen LogP contribution < -0.4 is 0 Å². The van der Waals surface area contributed by atoms with Crippen LogP contribution in [0.1, 0.15) is 12.8 Å². The summed E-state index contributed by atoms with van der Waals surface area (Å²) in [5.41, 5.74) is 0. The molecular weight excluding hydrogens is 194 g/mol. The zero-order chi connectivity index (χ0) is 10.5. The Kier molecular flexibility index (Phi) is 4.38. The number of rotatable bonds is 6. The van der Waals surface area contributed by atoms with Crippen molar-refractivity contribution in [3.8, 4) is 0 Å². The SMILES string of the molecule is OCCOCCN1CCOCC1C1CC1. The zero-order valence-corrected chi connectivity index (χ0v) is 9.23. The summed E-state index contributed by atoms with van der Waals surface area (Å²) in [5.74, 6) is 0.864. The quantitative estimate of drug-likeness (QED) is 0.638. The molecule has 2 rings (SSSR count). The average Bonchev–Trinajstić information content (AvgIpc) is 3.09. The van der Waals surface area contributed by atoms with Crippen LogP contribution in [0.5, 0.6) is 0 Å². The maximum atomic E-state index is 8.59. The fourth-order valence-electron chi connectivity index (χ4n) is 2.20. The molecule has 2 fully saturated rings. The van der Waals surface area contributed by atoms with E-state index in [2.05, 4.69) is 4.90 Å². The molecule has 4 heteroatoms. The van der Waals surface area contributed by atoms with Gasteiger partial charge in [-0.15, -0.1) is 0 Å². The van der Waals surface area contributed by atoms with E-state index in [0.29, 0.717) is 12.6 Å². The molecule has 88 valence electrons. The molecule has 1 saturated heterocycles. The molecule has 1 N–H and O–H groups in total. The van der Waals surface area contributed by atoms with E-state index < -0.39 is 0 Å². The first-order chi connectivity index (χ1) is 7.42. The van der Waals surface area contributed by atoms with Gasteiger partial charge in [0.2, 0.25) is 0 Å². The summed E-state index contributed by atoms with van der Waals surface area (Å²) in [4.78, 5) is 2.48. The number of hydrogen-bond acceptors (Lipinski definition) is 4. The van der Waals surface area contributed by atoms with Crippen molar-refractivity contribution >= 4 is 0 Å². The Morgan fingerprint density at radius 1 is 1.33 bits per heavy atom. The molecule has 1 aliphatic heterocycles. The molecule has 0 aromatic rings. The van der Waals surface area contributed by atoms with Crippen molar-refractivity contribution in [3.63, 3.8) is 0 Å². The molecule has 1 heterocycles. The molecule has 0 spiro atoms. The molecule has 0 aromatic heterocycles. The van der Waals surface area contributed by atoms with Crippen molar-refractivity contribution in [3.05, 3.63) is 0 Å². The van der Waals surface area contributed by atoms with Crippen molar-refractivity contribution in [1.29, 1.82) is 0 Å². The molecule has 4 nitrogen and oxygen atoms in total. The van der Waals surface area contributed by atoms with Gasteiger partial charge in [0.05, 0.1) is 33.0 Å². The van der Waals surface area contributed by atoms with E-state index >= 15 is 0 Å². The molecule has 1 unspecified atom stereocenters. The third-order valence-corrected chi connectivity index (χ3v) is 3.21. The number of nitrogens with zero attached hydrogens (tertiary/aromatic N) is 1. The third-order valence-electron chi connectivity index (χ3n) is 3.21. The Bertz CT molecular complexity index is 185. The highest BCUT2D eigenvalue weighted by Crippen LogP contribution is 2.36. The summed E-state index contributed by atoms with van der Waals surface area (Å²) in [5, 5.41) is 8.59. The largest absolute Gasteiger partial charge is 0.394 e. The Morgan fingerprint density at radius 2 is 2.20 bits per heavy atom. The highest BCUT2D eigenvalue weighted by Gasteiger charge is 2.36. The Hall–Kier alpha value is -0.160. The average molecular weight is 215 g/mol. The smallest absolute Gasteiger partial charge is 0.0698 e. The molecule has 1 saturated carbocycles. The van der Waals surface area contributed by atoms with Crippen molar-refractivity contribution < 1.29 is 14.6 Å². The lowest BCUT2D eigenvalue weighted by atomic mass is 10.1. The van der Waals surface area contributed by atoms with Crippen LogP contribution in [0.15, 0.2) is 0 Å². The molecule has 1 atom stereocenters. The van der Waals surface area contributed by atoms with Crippen molar-refractivity contribution in [2.24, 2.45) is 5.92 Å². The van der Waals surface area contributed by atoms with Crippen LogP contribution >= 0.6 is 0 Å². The van der Waals surface area contributed by atoms with E-state index in [1.807, 2.05) is 0 Å². The normalized spacial score (nSPS) is 28.2. The molecular formula is C11H21NO3. The summed E-state index contributed by atoms with van der Waals surface area (Å²) >= 11 is 0. The van der Waals surface area contributed by atoms with Crippen LogP contribution in [-0.4, -0.2) is 62.2 Å². The number of aliphatic hydroxyl groups excluding tert-OH is 1. The van der Waals surface area contributed by atoms with Crippen molar-refractivity contribution in [2.75, 3.05) is 46.1 Å². The van der Waals surface area contributed by atoms with Crippen molar-refractivity contribution in [2.45, 2.75) is 18.9 Å². The van der Waals surface area contributed by atoms with E-state index in [1.54, 1.807) is 0 Å². The predicted molar refractivity (Wildman–Crippen MR) is 56.8 cm³/mol. The molecule has 2 aliphatic rings. The second-order valence-electron chi connectivity index (χ2n) is 4.35. The first-order valence-corrected chi connectivity index (χ1v) is 5.92. The summed E-state index contributed by atoms with van der Waals surface area (Å²) in [6.07, 6.45) is 2.73. The van der Waals surface area contributed by atoms with Crippen LogP contribution in [0.4, 0.5) is 0 Å². The second-order valence-corrected chi connectivity index (χ2v) is 4.35. The molecule has 1 aliphatic carbocycles. The maximum Gasteiger partial charge on any atom is 0.0698 e. The van der Waals surface area contributed by atoms with E-state index in [4.69, 9.17) is 14.6 Å². The number of hydrogen-bond donors (Lipinski definition) is 1. The summed E-state index contributed by atoms with van der Waals surface area (Å²) in [7, 11) is 0. The highest BCUT2D eigenvalue weighted by atomic mass is 16.5. The lowest BCUT2D eigenvalue weighted by molar-refractivity contribution is -0.0294. The standard InChI is InChI=1S/C11H21NO3/c13-5-8-14-6-3-12-4-7-15-9-11(12)10-1-2-10/h10-11,13H,1-9H2. The van der Waals surface area contributed by atoms with E-state index in [-0.39, 0.29) is 6.61 Å². The molecule has 0 bridgehead atoms. The minimum Gasteiger partial charge on any atom is -0.394 e. The first kappa shape index (κ1) is 11.3. The topological polar surface area (TPSA) is 41.9 Å². The number of aliphatic hydroxyl groups is 1. The molecule has 0 amide bonds. The van der Waals surface area contributed by atoms with E-state index in [0.717, 1.165) is 38.8 Å². The molecule has 0 radical (unpaired) electrons. The summed E-state index contributed by atoms with van der Waals surface area (Å²) in [6, 6.07) is 0.622. The molecule has 0 aromatic carbocycles. The van der Waals surface area contributed by atoms with Gasteiger partial charge >= 0.3 is 0 Å². The van der Waals surface area contributed by atoms with Gasteiger partial charge in [0.1, 0.15) is 0 Å². The van der Waals surface area contributed by atoms with Gasteiger partial charge in [0.25, 0.3) is 0 Å². The fraction of sp³-hybridized carbons (Fsp3) is 1.00. The van der Waals surface area contributed by atoms with Crippen LogP contribution in [0.2, 0.25) is 0 Å². The zero-order valence-electron chi connectivity index (χ0n) is 9.23. The van der Waals surface area contributed by atoms with Gasteiger partial charge < -0.3 is 14.6 Å². The van der Waals surface area contributed by atoms with Gasteiger partial charge in [-0.1, -0.05) is 0 Å². The highest BCUT2D eigenvalue weighted by molar-refractivity contribution is 4.89. The number of morpholine rings is 1. The predicted octanol–water partition coefficient (Wildman–Crippen LogP) is 0.106. The number of ether oxygens (including phenoxy) is 2. The Labute approximate surface area is 91.2 Å². The van der Waals surface area contributed by atoms with E-state index in [1.165, 1.54) is 12.8 Å². The van der Waals surface area contributed by atoms with Crippen molar-refractivity contribution in [1.82, 2.24) is 4.90 Å². The van der Waals surface area contributed by atoms with Gasteiger partial charge in [-0.25, -0.2) is 0 Å². The van der Waals surface area contributed by atoms with Crippen LogP contribution in [0, 0.1) is 5.92 Å². The maximum absolute atomic E-state index is 8.59. The minimum atomic E-state index is 0.120. The van der Waals surface area contributed by atoms with E-state index in [9.17, 15) is 0 Å². The lowest BCUT2D eigenvalue weighted by Crippen LogP contribution is -2.48.